The molecule has 1 N–H and O–H groups in total. The molecule has 0 aliphatic heterocycles. The van der Waals surface area contributed by atoms with Gasteiger partial charge in [0.15, 0.2) is 0 Å². The summed E-state index contributed by atoms with van der Waals surface area (Å²) in [6.07, 6.45) is 3.77. The number of anilines is 1. The Bertz CT molecular complexity index is 245. The van der Waals surface area contributed by atoms with Gasteiger partial charge in [-0.25, -0.2) is 4.98 Å². The largest absolute Gasteiger partial charge is 0.383 e. The van der Waals surface area contributed by atoms with Crippen LogP contribution in [0.25, 0.3) is 0 Å². The minimum Gasteiger partial charge on any atom is -0.383 e. The molecule has 13 heavy (non-hydrogen) atoms. The molecule has 0 fully saturated rings. The third kappa shape index (κ3) is 2.73. The van der Waals surface area contributed by atoms with Gasteiger partial charge in [0.2, 0.25) is 5.95 Å². The highest BCUT2D eigenvalue weighted by molar-refractivity contribution is 5.26. The lowest BCUT2D eigenvalue weighted by Gasteiger charge is -2.12. The summed E-state index contributed by atoms with van der Waals surface area (Å²) in [5.74, 6) is 0.909. The highest BCUT2D eigenvalue weighted by Crippen LogP contribution is 2.11. The van der Waals surface area contributed by atoms with Crippen LogP contribution in [0.3, 0.4) is 0 Å². The molecule has 0 aromatic carbocycles. The summed E-state index contributed by atoms with van der Waals surface area (Å²) in [6.45, 7) is 5.75. The zero-order valence-corrected chi connectivity index (χ0v) is 8.45. The van der Waals surface area contributed by atoms with Gasteiger partial charge in [-0.2, -0.15) is 0 Å². The fraction of sp³-hybridized carbons (Fsp3) is 0.667. The molecule has 1 aromatic rings. The van der Waals surface area contributed by atoms with E-state index in [1.807, 2.05) is 6.20 Å². The van der Waals surface area contributed by atoms with E-state index in [0.717, 1.165) is 12.5 Å². The smallest absolute Gasteiger partial charge is 0.203 e. The molecular weight excluding hydrogens is 166 g/mol. The van der Waals surface area contributed by atoms with Crippen LogP contribution in [-0.2, 0) is 4.74 Å². The van der Waals surface area contributed by atoms with Crippen molar-refractivity contribution in [1.29, 1.82) is 0 Å². The molecule has 4 nitrogen and oxygen atoms in total. The van der Waals surface area contributed by atoms with E-state index in [0.29, 0.717) is 12.6 Å². The van der Waals surface area contributed by atoms with Crippen molar-refractivity contribution in [2.75, 3.05) is 25.6 Å². The first-order valence-electron chi connectivity index (χ1n) is 4.51. The quantitative estimate of drug-likeness (QED) is 0.703. The molecule has 1 heterocycles. The van der Waals surface area contributed by atoms with E-state index in [-0.39, 0.29) is 0 Å². The van der Waals surface area contributed by atoms with Crippen molar-refractivity contribution in [3.63, 3.8) is 0 Å². The number of hydrogen-bond acceptors (Lipinski definition) is 3. The summed E-state index contributed by atoms with van der Waals surface area (Å²) < 4.78 is 7.03. The lowest BCUT2D eigenvalue weighted by atomic mass is 10.4. The number of methoxy groups -OCH3 is 1. The van der Waals surface area contributed by atoms with Crippen LogP contribution in [0.1, 0.15) is 19.9 Å². The molecule has 0 saturated heterocycles. The minimum absolute atomic E-state index is 0.438. The van der Waals surface area contributed by atoms with E-state index in [1.165, 1.54) is 0 Å². The topological polar surface area (TPSA) is 39.1 Å². The van der Waals surface area contributed by atoms with Crippen LogP contribution in [0.5, 0.6) is 0 Å². The van der Waals surface area contributed by atoms with Crippen LogP contribution in [0.4, 0.5) is 5.95 Å². The fourth-order valence-electron chi connectivity index (χ4n) is 1.13. The second kappa shape index (κ2) is 4.87. The highest BCUT2D eigenvalue weighted by Gasteiger charge is 2.03. The zero-order valence-electron chi connectivity index (χ0n) is 8.45. The Balaban J connectivity index is 2.50. The normalized spacial score (nSPS) is 10.8. The predicted molar refractivity (Wildman–Crippen MR) is 53.0 cm³/mol. The van der Waals surface area contributed by atoms with Gasteiger partial charge in [0.05, 0.1) is 6.61 Å². The van der Waals surface area contributed by atoms with Crippen molar-refractivity contribution >= 4 is 5.95 Å². The number of aromatic nitrogens is 2. The standard InChI is InChI=1S/C9H17N3O/c1-8(2)12-6-4-10-9(12)11-5-7-13-3/h4,6,8H,5,7H2,1-3H3,(H,10,11). The van der Waals surface area contributed by atoms with E-state index in [9.17, 15) is 0 Å². The second-order valence-corrected chi connectivity index (χ2v) is 3.17. The van der Waals surface area contributed by atoms with Gasteiger partial charge in [-0.1, -0.05) is 0 Å². The predicted octanol–water partition coefficient (Wildman–Crippen LogP) is 1.52. The number of ether oxygens (including phenoxy) is 1. The molecule has 4 heteroatoms. The van der Waals surface area contributed by atoms with Crippen molar-refractivity contribution in [2.45, 2.75) is 19.9 Å². The molecule has 1 rings (SSSR count). The van der Waals surface area contributed by atoms with Gasteiger partial charge in [0.25, 0.3) is 0 Å². The van der Waals surface area contributed by atoms with Gasteiger partial charge < -0.3 is 14.6 Å². The van der Waals surface area contributed by atoms with Crippen molar-refractivity contribution in [3.05, 3.63) is 12.4 Å². The Labute approximate surface area is 78.9 Å². The number of nitrogens with one attached hydrogen (secondary N) is 1. The van der Waals surface area contributed by atoms with E-state index in [4.69, 9.17) is 4.74 Å². The second-order valence-electron chi connectivity index (χ2n) is 3.17. The van der Waals surface area contributed by atoms with Crippen LogP contribution in [0.15, 0.2) is 12.4 Å². The van der Waals surface area contributed by atoms with E-state index in [2.05, 4.69) is 28.7 Å². The van der Waals surface area contributed by atoms with Crippen molar-refractivity contribution in [1.82, 2.24) is 9.55 Å². The van der Waals surface area contributed by atoms with Crippen LogP contribution >= 0.6 is 0 Å². The van der Waals surface area contributed by atoms with Crippen LogP contribution in [-0.4, -0.2) is 29.8 Å². The molecule has 0 saturated carbocycles. The first-order valence-corrected chi connectivity index (χ1v) is 4.51. The molecule has 0 spiro atoms. The Hall–Kier alpha value is -1.03. The summed E-state index contributed by atoms with van der Waals surface area (Å²) in [5.41, 5.74) is 0. The summed E-state index contributed by atoms with van der Waals surface area (Å²) in [7, 11) is 1.69. The molecule has 0 atom stereocenters. The first-order chi connectivity index (χ1) is 6.25. The van der Waals surface area contributed by atoms with Crippen molar-refractivity contribution in [2.24, 2.45) is 0 Å². The van der Waals surface area contributed by atoms with Gasteiger partial charge in [0, 0.05) is 32.1 Å². The van der Waals surface area contributed by atoms with Gasteiger partial charge in [-0.05, 0) is 13.8 Å². The molecular formula is C9H17N3O. The lowest BCUT2D eigenvalue weighted by molar-refractivity contribution is 0.210. The van der Waals surface area contributed by atoms with Crippen molar-refractivity contribution in [3.8, 4) is 0 Å². The Morgan fingerprint density at radius 3 is 3.00 bits per heavy atom. The monoisotopic (exact) mass is 183 g/mol. The number of hydrogen-bond donors (Lipinski definition) is 1. The molecule has 0 aliphatic rings. The Morgan fingerprint density at radius 1 is 1.62 bits per heavy atom. The summed E-state index contributed by atoms with van der Waals surface area (Å²) in [6, 6.07) is 0.438. The summed E-state index contributed by atoms with van der Waals surface area (Å²) in [4.78, 5) is 4.21. The number of rotatable bonds is 5. The third-order valence-corrected chi connectivity index (χ3v) is 1.81. The van der Waals surface area contributed by atoms with E-state index < -0.39 is 0 Å². The molecule has 74 valence electrons. The van der Waals surface area contributed by atoms with Gasteiger partial charge in [0.1, 0.15) is 0 Å². The number of imidazole rings is 1. The SMILES string of the molecule is COCCNc1nccn1C(C)C. The number of nitrogens with zero attached hydrogens (tertiary/aromatic N) is 2. The average Bonchev–Trinajstić information content (AvgIpc) is 2.53. The molecule has 0 unspecified atom stereocenters. The van der Waals surface area contributed by atoms with Gasteiger partial charge >= 0.3 is 0 Å². The van der Waals surface area contributed by atoms with Gasteiger partial charge in [-0.3, -0.25) is 0 Å². The molecule has 0 bridgehead atoms. The van der Waals surface area contributed by atoms with Crippen LogP contribution in [0, 0.1) is 0 Å². The summed E-state index contributed by atoms with van der Waals surface area (Å²) in [5, 5.41) is 3.20. The minimum atomic E-state index is 0.438. The van der Waals surface area contributed by atoms with E-state index >= 15 is 0 Å². The molecule has 0 aliphatic carbocycles. The highest BCUT2D eigenvalue weighted by atomic mass is 16.5. The Morgan fingerprint density at radius 2 is 2.38 bits per heavy atom. The first kappa shape index (κ1) is 10.1. The summed E-state index contributed by atoms with van der Waals surface area (Å²) >= 11 is 0. The zero-order chi connectivity index (χ0) is 9.68. The average molecular weight is 183 g/mol. The fourth-order valence-corrected chi connectivity index (χ4v) is 1.13. The molecule has 0 radical (unpaired) electrons. The van der Waals surface area contributed by atoms with Crippen LogP contribution in [0.2, 0.25) is 0 Å². The Kier molecular flexibility index (Phi) is 3.76. The molecule has 1 aromatic heterocycles. The van der Waals surface area contributed by atoms with Crippen molar-refractivity contribution < 1.29 is 4.74 Å². The maximum absolute atomic E-state index is 4.94. The van der Waals surface area contributed by atoms with Crippen LogP contribution < -0.4 is 5.32 Å². The van der Waals surface area contributed by atoms with Gasteiger partial charge in [-0.15, -0.1) is 0 Å². The maximum atomic E-state index is 4.94. The van der Waals surface area contributed by atoms with E-state index in [1.54, 1.807) is 13.3 Å². The maximum Gasteiger partial charge on any atom is 0.203 e. The molecule has 0 amide bonds. The third-order valence-electron chi connectivity index (χ3n) is 1.81. The lowest BCUT2D eigenvalue weighted by Crippen LogP contribution is -2.13.